The van der Waals surface area contributed by atoms with E-state index in [1.165, 1.54) is 22.5 Å². The highest BCUT2D eigenvalue weighted by atomic mass is 16.5. The molecular weight excluding hydrogens is 472 g/mol. The van der Waals surface area contributed by atoms with E-state index in [0.717, 1.165) is 25.7 Å². The number of aromatic nitrogens is 5. The Bertz CT molecular complexity index is 1510. The molecule has 1 N–H and O–H groups in total. The van der Waals surface area contributed by atoms with Crippen molar-refractivity contribution in [2.24, 2.45) is 0 Å². The van der Waals surface area contributed by atoms with E-state index in [1.807, 2.05) is 7.05 Å². The van der Waals surface area contributed by atoms with E-state index in [1.54, 1.807) is 47.8 Å². The third-order valence-corrected chi connectivity index (χ3v) is 6.68. The third-order valence-electron chi connectivity index (χ3n) is 6.68. The summed E-state index contributed by atoms with van der Waals surface area (Å²) >= 11 is 0. The minimum atomic E-state index is -0.431. The predicted octanol–water partition coefficient (Wildman–Crippen LogP) is 3.13. The second kappa shape index (κ2) is 10.1. The van der Waals surface area contributed by atoms with Crippen molar-refractivity contribution < 1.29 is 14.3 Å². The van der Waals surface area contributed by atoms with Gasteiger partial charge in [0.1, 0.15) is 23.6 Å². The van der Waals surface area contributed by atoms with Gasteiger partial charge in [0.15, 0.2) is 5.65 Å². The number of amides is 2. The van der Waals surface area contributed by atoms with E-state index < -0.39 is 5.91 Å². The Morgan fingerprint density at radius 3 is 2.86 bits per heavy atom. The SMILES string of the molecule is COc1ccc(C#N)cc1-c1nn(CC(=O)N(C)C2CCCC2)cc1NC(=O)c1cnn2cccnc12. The van der Waals surface area contributed by atoms with Crippen LogP contribution in [0.4, 0.5) is 5.69 Å². The van der Waals surface area contributed by atoms with Crippen LogP contribution in [0.3, 0.4) is 0 Å². The number of methoxy groups -OCH3 is 1. The van der Waals surface area contributed by atoms with E-state index in [-0.39, 0.29) is 24.1 Å². The molecule has 0 spiro atoms. The lowest BCUT2D eigenvalue weighted by atomic mass is 10.1. The van der Waals surface area contributed by atoms with Crippen LogP contribution in [-0.4, -0.2) is 61.3 Å². The molecule has 5 rings (SSSR count). The molecule has 1 aromatic carbocycles. The van der Waals surface area contributed by atoms with Crippen molar-refractivity contribution >= 4 is 23.1 Å². The second-order valence-electron chi connectivity index (χ2n) is 8.96. The number of nitriles is 1. The quantitative estimate of drug-likeness (QED) is 0.414. The van der Waals surface area contributed by atoms with Crippen LogP contribution in [-0.2, 0) is 11.3 Å². The van der Waals surface area contributed by atoms with Gasteiger partial charge in [0.2, 0.25) is 5.91 Å². The third kappa shape index (κ3) is 4.73. The normalized spacial score (nSPS) is 13.4. The van der Waals surface area contributed by atoms with Crippen LogP contribution < -0.4 is 10.1 Å². The van der Waals surface area contributed by atoms with Crippen LogP contribution in [0.15, 0.2) is 49.1 Å². The average molecular weight is 499 g/mol. The molecule has 1 fully saturated rings. The molecule has 0 bridgehead atoms. The smallest absolute Gasteiger partial charge is 0.261 e. The number of carbonyl (C=O) groups is 2. The topological polar surface area (TPSA) is 130 Å². The number of hydrogen-bond acceptors (Lipinski definition) is 7. The summed E-state index contributed by atoms with van der Waals surface area (Å²) in [6.07, 6.45) is 10.6. The lowest BCUT2D eigenvalue weighted by Gasteiger charge is -2.24. The standard InChI is InChI=1S/C26H26N8O3/c1-32(18-6-3-4-7-18)23(35)16-33-15-21(24(31-33)19-12-17(13-27)8-9-22(19)37-2)30-26(36)20-14-29-34-11-5-10-28-25(20)34/h5,8-12,14-15,18H,3-4,6-7,16H2,1-2H3,(H,30,36). The number of rotatable bonds is 7. The first-order valence-electron chi connectivity index (χ1n) is 12.0. The van der Waals surface area contributed by atoms with Crippen LogP contribution in [0.1, 0.15) is 41.6 Å². The van der Waals surface area contributed by atoms with Gasteiger partial charge in [-0.05, 0) is 37.1 Å². The van der Waals surface area contributed by atoms with Gasteiger partial charge in [0.25, 0.3) is 5.91 Å². The number of nitrogens with one attached hydrogen (secondary N) is 1. The molecule has 2 amide bonds. The number of ether oxygens (including phenoxy) is 1. The molecule has 0 radical (unpaired) electrons. The molecule has 0 atom stereocenters. The second-order valence-corrected chi connectivity index (χ2v) is 8.96. The zero-order chi connectivity index (χ0) is 25.9. The summed E-state index contributed by atoms with van der Waals surface area (Å²) in [6.45, 7) is 0.00833. The molecule has 3 aromatic heterocycles. The van der Waals surface area contributed by atoms with Crippen LogP contribution in [0, 0.1) is 11.3 Å². The summed E-state index contributed by atoms with van der Waals surface area (Å²) in [5.41, 5.74) is 2.37. The number of likely N-dealkylation sites (N-methyl/N-ethyl adjacent to an activating group) is 1. The molecule has 1 aliphatic carbocycles. The summed E-state index contributed by atoms with van der Waals surface area (Å²) in [5, 5.41) is 21.2. The van der Waals surface area contributed by atoms with Crippen molar-refractivity contribution in [2.75, 3.05) is 19.5 Å². The molecule has 3 heterocycles. The van der Waals surface area contributed by atoms with Crippen LogP contribution in [0.2, 0.25) is 0 Å². The Kier molecular flexibility index (Phi) is 6.55. The molecule has 0 aliphatic heterocycles. The Balaban J connectivity index is 1.51. The van der Waals surface area contributed by atoms with E-state index in [9.17, 15) is 14.9 Å². The number of carbonyl (C=O) groups excluding carboxylic acids is 2. The maximum atomic E-state index is 13.3. The minimum Gasteiger partial charge on any atom is -0.496 e. The first kappa shape index (κ1) is 24.0. The maximum Gasteiger partial charge on any atom is 0.261 e. The van der Waals surface area contributed by atoms with Crippen molar-refractivity contribution in [3.05, 3.63) is 60.2 Å². The monoisotopic (exact) mass is 498 g/mol. The number of nitrogens with zero attached hydrogens (tertiary/aromatic N) is 7. The number of benzene rings is 1. The average Bonchev–Trinajstić information content (AvgIpc) is 3.68. The maximum absolute atomic E-state index is 13.3. The first-order chi connectivity index (χ1) is 18.0. The van der Waals surface area contributed by atoms with Crippen molar-refractivity contribution in [1.29, 1.82) is 5.26 Å². The molecular formula is C26H26N8O3. The highest BCUT2D eigenvalue weighted by molar-refractivity contribution is 6.09. The van der Waals surface area contributed by atoms with Crippen molar-refractivity contribution in [1.82, 2.24) is 29.3 Å². The fourth-order valence-electron chi connectivity index (χ4n) is 4.68. The van der Waals surface area contributed by atoms with Gasteiger partial charge in [-0.2, -0.15) is 15.5 Å². The summed E-state index contributed by atoms with van der Waals surface area (Å²) in [4.78, 5) is 32.3. The molecule has 37 heavy (non-hydrogen) atoms. The van der Waals surface area contributed by atoms with Gasteiger partial charge in [-0.25, -0.2) is 9.50 Å². The molecule has 4 aromatic rings. The Labute approximate surface area is 213 Å². The van der Waals surface area contributed by atoms with E-state index in [0.29, 0.717) is 33.9 Å². The largest absolute Gasteiger partial charge is 0.496 e. The van der Waals surface area contributed by atoms with Crippen molar-refractivity contribution in [2.45, 2.75) is 38.3 Å². The Morgan fingerprint density at radius 1 is 1.30 bits per heavy atom. The van der Waals surface area contributed by atoms with Gasteiger partial charge in [-0.15, -0.1) is 0 Å². The van der Waals surface area contributed by atoms with Crippen molar-refractivity contribution in [3.63, 3.8) is 0 Å². The fraction of sp³-hybridized carbons (Fsp3) is 0.308. The summed E-state index contributed by atoms with van der Waals surface area (Å²) in [5.74, 6) is -0.0190. The summed E-state index contributed by atoms with van der Waals surface area (Å²) < 4.78 is 8.53. The molecule has 1 saturated carbocycles. The van der Waals surface area contributed by atoms with Gasteiger partial charge in [-0.3, -0.25) is 14.3 Å². The predicted molar refractivity (Wildman–Crippen MR) is 135 cm³/mol. The Hall–Kier alpha value is -4.72. The zero-order valence-corrected chi connectivity index (χ0v) is 20.6. The number of anilines is 1. The van der Waals surface area contributed by atoms with Gasteiger partial charge in [-0.1, -0.05) is 12.8 Å². The van der Waals surface area contributed by atoms with Crippen LogP contribution >= 0.6 is 0 Å². The summed E-state index contributed by atoms with van der Waals surface area (Å²) in [6, 6.07) is 9.03. The van der Waals surface area contributed by atoms with E-state index in [2.05, 4.69) is 26.6 Å². The fourth-order valence-corrected chi connectivity index (χ4v) is 4.68. The molecule has 11 nitrogen and oxygen atoms in total. The lowest BCUT2D eigenvalue weighted by molar-refractivity contribution is -0.132. The van der Waals surface area contributed by atoms with E-state index >= 15 is 0 Å². The van der Waals surface area contributed by atoms with Gasteiger partial charge < -0.3 is 15.0 Å². The van der Waals surface area contributed by atoms with Gasteiger partial charge in [0.05, 0.1) is 30.6 Å². The first-order valence-corrected chi connectivity index (χ1v) is 12.0. The number of fused-ring (bicyclic) bond motifs is 1. The molecule has 0 saturated heterocycles. The lowest BCUT2D eigenvalue weighted by Crippen LogP contribution is -2.37. The minimum absolute atomic E-state index is 0.00833. The van der Waals surface area contributed by atoms with E-state index in [4.69, 9.17) is 4.74 Å². The molecule has 11 heteroatoms. The van der Waals surface area contributed by atoms with Crippen LogP contribution in [0.25, 0.3) is 16.9 Å². The van der Waals surface area contributed by atoms with Gasteiger partial charge in [0, 0.05) is 37.2 Å². The highest BCUT2D eigenvalue weighted by Crippen LogP contribution is 2.35. The van der Waals surface area contributed by atoms with Crippen molar-refractivity contribution in [3.8, 4) is 23.1 Å². The Morgan fingerprint density at radius 2 is 2.11 bits per heavy atom. The summed E-state index contributed by atoms with van der Waals surface area (Å²) in [7, 11) is 3.34. The molecule has 188 valence electrons. The number of hydrogen-bond donors (Lipinski definition) is 1. The van der Waals surface area contributed by atoms with Crippen LogP contribution in [0.5, 0.6) is 5.75 Å². The molecule has 0 unspecified atom stereocenters. The zero-order valence-electron chi connectivity index (χ0n) is 20.6. The molecule has 1 aliphatic rings. The highest BCUT2D eigenvalue weighted by Gasteiger charge is 2.25. The van der Waals surface area contributed by atoms with Gasteiger partial charge >= 0.3 is 0 Å².